The van der Waals surface area contributed by atoms with Gasteiger partial charge in [-0.25, -0.2) is 0 Å². The van der Waals surface area contributed by atoms with Gasteiger partial charge in [0.15, 0.2) is 0 Å². The summed E-state index contributed by atoms with van der Waals surface area (Å²) in [6.07, 6.45) is -5.51. The zero-order chi connectivity index (χ0) is 32.7. The second-order valence-electron chi connectivity index (χ2n) is 11.1. The predicted octanol–water partition coefficient (Wildman–Crippen LogP) is 6.79. The highest BCUT2D eigenvalue weighted by molar-refractivity contribution is 5.82. The molecule has 0 bridgehead atoms. The van der Waals surface area contributed by atoms with Gasteiger partial charge >= 0.3 is 24.2 Å². The van der Waals surface area contributed by atoms with Gasteiger partial charge in [-0.1, -0.05) is 26.0 Å². The third kappa shape index (κ3) is 9.04. The van der Waals surface area contributed by atoms with E-state index in [4.69, 9.17) is 4.74 Å². The fourth-order valence-electron chi connectivity index (χ4n) is 5.93. The molecule has 6 nitrogen and oxygen atoms in total. The van der Waals surface area contributed by atoms with Crippen LogP contribution >= 0.6 is 0 Å². The molecule has 2 amide bonds. The van der Waals surface area contributed by atoms with E-state index < -0.39 is 36.3 Å². The first-order valence-electron chi connectivity index (χ1n) is 15.0. The molecule has 12 heteroatoms. The van der Waals surface area contributed by atoms with Crippen LogP contribution in [0, 0.1) is 0 Å². The molecule has 1 N–H and O–H groups in total. The van der Waals surface area contributed by atoms with Gasteiger partial charge in [0.25, 0.3) is 0 Å². The molecule has 2 aromatic carbocycles. The minimum absolute atomic E-state index is 0.0944. The Balaban J connectivity index is 0.000000241. The lowest BCUT2D eigenvalue weighted by atomic mass is 9.87. The largest absolute Gasteiger partial charge is 0.508 e. The number of aryl methyl sites for hydroxylation is 2. The molecule has 44 heavy (non-hydrogen) atoms. The first-order valence-corrected chi connectivity index (χ1v) is 15.0. The van der Waals surface area contributed by atoms with Gasteiger partial charge in [0, 0.05) is 25.2 Å². The fourth-order valence-corrected chi connectivity index (χ4v) is 5.93. The minimum Gasteiger partial charge on any atom is -0.508 e. The Labute approximate surface area is 254 Å². The third-order valence-electron chi connectivity index (χ3n) is 7.90. The van der Waals surface area contributed by atoms with E-state index in [-0.39, 0.29) is 18.8 Å². The number of phenolic OH excluding ortho intramolecular Hbond substituents is 1. The topological polar surface area (TPSA) is 70.1 Å². The number of hydrogen-bond donors (Lipinski definition) is 1. The molecule has 244 valence electrons. The van der Waals surface area contributed by atoms with Crippen molar-refractivity contribution in [1.29, 1.82) is 0 Å². The molecule has 2 aliphatic carbocycles. The van der Waals surface area contributed by atoms with E-state index in [1.54, 1.807) is 32.0 Å². The summed E-state index contributed by atoms with van der Waals surface area (Å²) in [6.45, 7) is 6.17. The van der Waals surface area contributed by atoms with Gasteiger partial charge in [0.1, 0.15) is 11.5 Å². The number of fused-ring (bicyclic) bond motifs is 2. The van der Waals surface area contributed by atoms with Crippen LogP contribution in [0.3, 0.4) is 0 Å². The summed E-state index contributed by atoms with van der Waals surface area (Å²) in [7, 11) is 0. The summed E-state index contributed by atoms with van der Waals surface area (Å²) >= 11 is 0. The number of nitrogens with zero attached hydrogens (tertiary/aromatic N) is 2. The average molecular weight is 631 g/mol. The summed E-state index contributed by atoms with van der Waals surface area (Å²) < 4.78 is 82.1. The second kappa shape index (κ2) is 15.0. The molecule has 0 saturated heterocycles. The zero-order valence-corrected chi connectivity index (χ0v) is 25.2. The van der Waals surface area contributed by atoms with Crippen LogP contribution in [0.5, 0.6) is 11.5 Å². The van der Waals surface area contributed by atoms with E-state index >= 15 is 0 Å². The van der Waals surface area contributed by atoms with Crippen LogP contribution in [0.4, 0.5) is 26.3 Å². The van der Waals surface area contributed by atoms with E-state index in [1.165, 1.54) is 0 Å². The van der Waals surface area contributed by atoms with Crippen molar-refractivity contribution >= 4 is 11.8 Å². The molecule has 0 spiro atoms. The summed E-state index contributed by atoms with van der Waals surface area (Å²) in [5.74, 6) is -2.68. The Bertz CT molecular complexity index is 1280. The van der Waals surface area contributed by atoms with E-state index in [2.05, 4.69) is 0 Å². The first-order chi connectivity index (χ1) is 20.7. The van der Waals surface area contributed by atoms with Crippen LogP contribution in [0.25, 0.3) is 0 Å². The van der Waals surface area contributed by atoms with E-state index in [9.17, 15) is 41.0 Å². The van der Waals surface area contributed by atoms with E-state index in [0.717, 1.165) is 37.8 Å². The van der Waals surface area contributed by atoms with Crippen LogP contribution in [0.15, 0.2) is 36.4 Å². The number of carbonyl (C=O) groups excluding carboxylic acids is 2. The van der Waals surface area contributed by atoms with Crippen LogP contribution in [0.1, 0.15) is 68.7 Å². The lowest BCUT2D eigenvalue weighted by Gasteiger charge is -2.35. The zero-order valence-electron chi connectivity index (χ0n) is 25.2. The van der Waals surface area contributed by atoms with E-state index in [1.807, 2.05) is 25.1 Å². The Kier molecular flexibility index (Phi) is 12.0. The van der Waals surface area contributed by atoms with Gasteiger partial charge in [-0.2, -0.15) is 26.3 Å². The molecular weight excluding hydrogens is 590 g/mol. The van der Waals surface area contributed by atoms with Gasteiger partial charge < -0.3 is 19.6 Å². The predicted molar refractivity (Wildman–Crippen MR) is 153 cm³/mol. The molecule has 0 fully saturated rings. The van der Waals surface area contributed by atoms with Crippen molar-refractivity contribution in [2.24, 2.45) is 0 Å². The fraction of sp³-hybridized carbons (Fsp3) is 0.562. The molecule has 0 aromatic heterocycles. The molecular formula is C32H40F6N2O4. The number of hydrogen-bond acceptors (Lipinski definition) is 4. The van der Waals surface area contributed by atoms with Crippen molar-refractivity contribution in [2.75, 3.05) is 19.7 Å². The molecule has 2 aliphatic rings. The quantitative estimate of drug-likeness (QED) is 0.326. The maximum Gasteiger partial charge on any atom is 0.471 e. The van der Waals surface area contributed by atoms with E-state index in [0.29, 0.717) is 58.0 Å². The Morgan fingerprint density at radius 3 is 1.64 bits per heavy atom. The van der Waals surface area contributed by atoms with Crippen molar-refractivity contribution in [2.45, 2.75) is 96.6 Å². The SMILES string of the molecule is CCCN(C(=O)C(F)(F)F)C1CCc2ccc(O)cc2C1.CCCN(C(=O)C(F)(F)F)C1CCc2ccc(OCC)cc2C1. The molecule has 0 saturated carbocycles. The second-order valence-corrected chi connectivity index (χ2v) is 11.1. The third-order valence-corrected chi connectivity index (χ3v) is 7.90. The van der Waals surface area contributed by atoms with Crippen molar-refractivity contribution in [1.82, 2.24) is 9.80 Å². The van der Waals surface area contributed by atoms with Crippen molar-refractivity contribution < 1.29 is 45.8 Å². The number of amides is 2. The average Bonchev–Trinajstić information content (AvgIpc) is 2.97. The molecule has 2 atom stereocenters. The van der Waals surface area contributed by atoms with Crippen LogP contribution in [-0.4, -0.2) is 70.9 Å². The smallest absolute Gasteiger partial charge is 0.471 e. The van der Waals surface area contributed by atoms with Crippen LogP contribution in [-0.2, 0) is 35.3 Å². The van der Waals surface area contributed by atoms with Crippen LogP contribution < -0.4 is 4.74 Å². The number of alkyl halides is 6. The van der Waals surface area contributed by atoms with Gasteiger partial charge in [-0.05, 0) is 105 Å². The molecule has 0 heterocycles. The molecule has 0 aliphatic heterocycles. The van der Waals surface area contributed by atoms with Crippen LogP contribution in [0.2, 0.25) is 0 Å². The van der Waals surface area contributed by atoms with Gasteiger partial charge in [-0.15, -0.1) is 0 Å². The summed E-state index contributed by atoms with van der Waals surface area (Å²) in [6, 6.07) is 9.79. The Hall–Kier alpha value is -3.44. The lowest BCUT2D eigenvalue weighted by molar-refractivity contribution is -0.188. The maximum atomic E-state index is 12.8. The summed E-state index contributed by atoms with van der Waals surface area (Å²) in [5, 5.41) is 9.49. The lowest BCUT2D eigenvalue weighted by Crippen LogP contribution is -2.49. The number of benzene rings is 2. The van der Waals surface area contributed by atoms with Gasteiger partial charge in [0.2, 0.25) is 0 Å². The number of aromatic hydroxyl groups is 1. The molecule has 2 aromatic rings. The number of halogens is 6. The van der Waals surface area contributed by atoms with Crippen molar-refractivity contribution in [3.8, 4) is 11.5 Å². The Morgan fingerprint density at radius 2 is 1.20 bits per heavy atom. The Morgan fingerprint density at radius 1 is 0.750 bits per heavy atom. The number of rotatable bonds is 8. The van der Waals surface area contributed by atoms with Gasteiger partial charge in [-0.3, -0.25) is 9.59 Å². The minimum atomic E-state index is -4.84. The molecule has 0 radical (unpaired) electrons. The number of phenols is 1. The maximum absolute atomic E-state index is 12.8. The van der Waals surface area contributed by atoms with Gasteiger partial charge in [0.05, 0.1) is 6.61 Å². The molecule has 4 rings (SSSR count). The van der Waals surface area contributed by atoms with Crippen molar-refractivity contribution in [3.05, 3.63) is 58.7 Å². The summed E-state index contributed by atoms with van der Waals surface area (Å²) in [5.41, 5.74) is 3.95. The summed E-state index contributed by atoms with van der Waals surface area (Å²) in [4.78, 5) is 25.2. The highest BCUT2D eigenvalue weighted by Crippen LogP contribution is 2.32. The standard InChI is InChI=1S/C17H22F3NO2.C15H18F3NO2/c1-3-9-21(16(22)17(18,19)20)14-7-5-12-6-8-15(23-4-2)11-13(12)10-14;1-2-7-19(14(21)15(16,17)18)12-5-3-10-4-6-13(20)9-11(10)8-12/h6,8,11,14H,3-5,7,9-10H2,1-2H3;4,6,9,12,20H,2-3,5,7-8H2,1H3. The normalized spacial score (nSPS) is 17.8. The molecule has 2 unspecified atom stereocenters. The monoisotopic (exact) mass is 630 g/mol. The highest BCUT2D eigenvalue weighted by Gasteiger charge is 2.45. The van der Waals surface area contributed by atoms with Crippen molar-refractivity contribution in [3.63, 3.8) is 0 Å². The first kappa shape index (κ1) is 35.0. The number of carbonyl (C=O) groups is 2. The highest BCUT2D eigenvalue weighted by atomic mass is 19.4. The number of ether oxygens (including phenoxy) is 1.